The summed E-state index contributed by atoms with van der Waals surface area (Å²) < 4.78 is 10.6. The van der Waals surface area contributed by atoms with Crippen molar-refractivity contribution in [2.45, 2.75) is 164 Å². The Bertz CT molecular complexity index is 3930. The van der Waals surface area contributed by atoms with Crippen molar-refractivity contribution in [3.05, 3.63) is 221 Å². The molecule has 8 rings (SSSR count). The molecule has 0 saturated carbocycles. The van der Waals surface area contributed by atoms with E-state index in [1.54, 1.807) is 93.2 Å². The molecule has 0 bridgehead atoms. The standard InChI is InChI=1S/C83H103N9O15S3/c1-54(94)68(51-93)89-79(103)70-53-110-109-52-69(90-77(101)66(48-57-27-13-7-14-28-57)86-73(98)40-44-106-45-43-84-72(97)41-46-108-83(61-30-15-8-16-31-61,62-32-17-9-18-33-62)63-34-19-10-20-35-63)71(96)50-60(47-56-25-11-6-12-26-56)75(99)88-67(49-59-39-38-58-29-21-22-36-64(58)59)78(102)87-65(76(100)92-74(55(2)95)80(104)91-70)37-23-24-42-85-81(105)107-82(3,4)5/h6-22,25-36,39,54-55,60,65-70,74,93-95H,23-24,37-38,40-53H2,1-5H3,(H,84,97)(H,85,105)(H,86,98)(H,87,102)(H,88,99)(H,89,103)(H,90,101)(H,91,104)(H,92,100)/t54-,55-,60-,65+,66-,67-,68-,69+,70+,74+/m1/s1. The lowest BCUT2D eigenvalue weighted by Crippen LogP contribution is -2.61. The van der Waals surface area contributed by atoms with Gasteiger partial charge >= 0.3 is 6.09 Å². The monoisotopic (exact) mass is 1560 g/mol. The second-order valence-electron chi connectivity index (χ2n) is 28.3. The number of Topliss-reactive ketones (excluding diaryl/α,β-unsaturated/α-hetero) is 1. The highest BCUT2D eigenvalue weighted by Crippen LogP contribution is 2.48. The molecule has 10 atom stereocenters. The van der Waals surface area contributed by atoms with E-state index in [0.29, 0.717) is 28.9 Å². The van der Waals surface area contributed by atoms with Crippen LogP contribution in [0.15, 0.2) is 182 Å². The Morgan fingerprint density at radius 3 is 1.80 bits per heavy atom. The molecule has 27 heteroatoms. The maximum atomic E-state index is 15.4. The van der Waals surface area contributed by atoms with Crippen LogP contribution in [0.2, 0.25) is 0 Å². The Kier molecular flexibility index (Phi) is 34.4. The van der Waals surface area contributed by atoms with Gasteiger partial charge in [0.15, 0.2) is 5.78 Å². The van der Waals surface area contributed by atoms with Gasteiger partial charge in [0.1, 0.15) is 35.8 Å². The number of carbonyl (C=O) groups is 10. The third-order valence-corrected chi connectivity index (χ3v) is 22.5. The van der Waals surface area contributed by atoms with E-state index in [9.17, 15) is 44.1 Å². The van der Waals surface area contributed by atoms with E-state index in [1.165, 1.54) is 13.8 Å². The molecule has 110 heavy (non-hydrogen) atoms. The minimum atomic E-state index is -1.77. The average Bonchev–Trinajstić information content (AvgIpc) is 0.857. The predicted octanol–water partition coefficient (Wildman–Crippen LogP) is 6.95. The molecule has 0 radical (unpaired) electrons. The summed E-state index contributed by atoms with van der Waals surface area (Å²) in [5.41, 5.74) is 6.28. The highest BCUT2D eigenvalue weighted by Gasteiger charge is 2.40. The highest BCUT2D eigenvalue weighted by atomic mass is 33.1. The van der Waals surface area contributed by atoms with E-state index in [-0.39, 0.29) is 95.1 Å². The molecule has 0 spiro atoms. The molecule has 1 fully saturated rings. The molecule has 588 valence electrons. The lowest BCUT2D eigenvalue weighted by molar-refractivity contribution is -0.137. The molecule has 12 N–H and O–H groups in total. The fourth-order valence-corrected chi connectivity index (χ4v) is 16.6. The van der Waals surface area contributed by atoms with Crippen molar-refractivity contribution in [2.24, 2.45) is 5.92 Å². The number of amides is 9. The highest BCUT2D eigenvalue weighted by molar-refractivity contribution is 8.76. The van der Waals surface area contributed by atoms with E-state index in [0.717, 1.165) is 49.4 Å². The quantitative estimate of drug-likeness (QED) is 0.0115. The normalized spacial score (nSPS) is 19.4. The van der Waals surface area contributed by atoms with Gasteiger partial charge in [-0.3, -0.25) is 43.2 Å². The van der Waals surface area contributed by atoms with Gasteiger partial charge < -0.3 is 72.6 Å². The number of aliphatic hydroxyl groups excluding tert-OH is 3. The Morgan fingerprint density at radius 1 is 0.609 bits per heavy atom. The molecule has 1 heterocycles. The van der Waals surface area contributed by atoms with E-state index in [1.807, 2.05) is 84.9 Å². The number of fused-ring (bicyclic) bond motifs is 1. The fraction of sp³-hybridized carbons (Fsp3) is 0.422. The van der Waals surface area contributed by atoms with Crippen molar-refractivity contribution in [2.75, 3.05) is 50.2 Å². The van der Waals surface area contributed by atoms with E-state index in [4.69, 9.17) is 9.47 Å². The lowest BCUT2D eigenvalue weighted by atomic mass is 9.84. The molecule has 0 unspecified atom stereocenters. The van der Waals surface area contributed by atoms with E-state index >= 15 is 19.2 Å². The van der Waals surface area contributed by atoms with Crippen LogP contribution >= 0.6 is 33.3 Å². The topological polar surface area (TPSA) is 358 Å². The maximum absolute atomic E-state index is 15.4. The van der Waals surface area contributed by atoms with Crippen LogP contribution in [-0.2, 0) is 76.6 Å². The fourth-order valence-electron chi connectivity index (χ4n) is 12.8. The van der Waals surface area contributed by atoms with E-state index < -0.39 is 137 Å². The third-order valence-electron chi connectivity index (χ3n) is 18.6. The smallest absolute Gasteiger partial charge is 0.407 e. The van der Waals surface area contributed by atoms with Crippen LogP contribution in [0.4, 0.5) is 4.79 Å². The summed E-state index contributed by atoms with van der Waals surface area (Å²) in [7, 11) is 2.00. The molecule has 6 aromatic carbocycles. The van der Waals surface area contributed by atoms with Gasteiger partial charge in [-0.2, -0.15) is 0 Å². The molecular weight excluding hydrogens is 1460 g/mol. The second-order valence-corrected chi connectivity index (χ2v) is 32.1. The van der Waals surface area contributed by atoms with Crippen LogP contribution in [0.25, 0.3) is 5.57 Å². The lowest BCUT2D eigenvalue weighted by Gasteiger charge is -2.35. The van der Waals surface area contributed by atoms with Crippen molar-refractivity contribution in [3.63, 3.8) is 0 Å². The molecule has 6 aromatic rings. The number of hydrogen-bond donors (Lipinski definition) is 12. The van der Waals surface area contributed by atoms with E-state index in [2.05, 4.69) is 84.2 Å². The van der Waals surface area contributed by atoms with Gasteiger partial charge in [0.2, 0.25) is 47.3 Å². The van der Waals surface area contributed by atoms with Gasteiger partial charge in [-0.05, 0) is 111 Å². The summed E-state index contributed by atoms with van der Waals surface area (Å²) in [5, 5.41) is 56.7. The second kappa shape index (κ2) is 43.9. The van der Waals surface area contributed by atoms with Crippen molar-refractivity contribution >= 4 is 98.1 Å². The van der Waals surface area contributed by atoms with Crippen LogP contribution in [0.5, 0.6) is 0 Å². The zero-order chi connectivity index (χ0) is 79.0. The zero-order valence-electron chi connectivity index (χ0n) is 62.8. The summed E-state index contributed by atoms with van der Waals surface area (Å²) in [6.07, 6.45) is -1.35. The maximum Gasteiger partial charge on any atom is 0.407 e. The minimum Gasteiger partial charge on any atom is -0.444 e. The molecule has 1 aliphatic carbocycles. The van der Waals surface area contributed by atoms with Crippen molar-refractivity contribution < 1.29 is 72.7 Å². The van der Waals surface area contributed by atoms with Gasteiger partial charge in [0, 0.05) is 68.4 Å². The van der Waals surface area contributed by atoms with Crippen molar-refractivity contribution in [1.82, 2.24) is 47.9 Å². The minimum absolute atomic E-state index is 0.0256. The van der Waals surface area contributed by atoms with Crippen molar-refractivity contribution in [1.29, 1.82) is 0 Å². The van der Waals surface area contributed by atoms with Crippen molar-refractivity contribution in [3.8, 4) is 0 Å². The van der Waals surface area contributed by atoms with Crippen LogP contribution < -0.4 is 47.9 Å². The van der Waals surface area contributed by atoms with Gasteiger partial charge in [0.25, 0.3) is 0 Å². The third kappa shape index (κ3) is 27.0. The largest absolute Gasteiger partial charge is 0.444 e. The summed E-state index contributed by atoms with van der Waals surface area (Å²) in [5.74, 6) is -7.75. The summed E-state index contributed by atoms with van der Waals surface area (Å²) in [4.78, 5) is 144. The van der Waals surface area contributed by atoms with Crippen LogP contribution in [0.3, 0.4) is 0 Å². The molecular formula is C83H103N9O15S3. The molecule has 2 aliphatic rings. The number of allylic oxidation sites excluding steroid dienone is 1. The van der Waals surface area contributed by atoms with Crippen LogP contribution in [-0.4, -0.2) is 185 Å². The SMILES string of the molecule is C[C@@H](O)[C@@H]1NC(=O)[C@H](CCCCNC(=O)OC(C)(C)C)NC(=O)[C@@H](CC2=CCc3ccccc32)NC(=O)[C@H](Cc2ccccc2)CC(=O)[C@@H](NC(=O)[C@@H](Cc2ccccc2)NC(=O)CCOCCNC(=O)CCSC(c2ccccc2)(c2ccccc2)c2ccccc2)CSSC[C@@H](C(=O)N[C@H](CO)[C@@H](C)O)NC1=O. The number of carbonyl (C=O) groups excluding carboxylic acids is 10. The molecule has 24 nitrogen and oxygen atoms in total. The van der Waals surface area contributed by atoms with Gasteiger partial charge in [-0.15, -0.1) is 11.8 Å². The number of rotatable bonds is 32. The Morgan fingerprint density at radius 2 is 1.19 bits per heavy atom. The Hall–Kier alpha value is -9.35. The number of nitrogens with one attached hydrogen (secondary N) is 9. The molecule has 9 amide bonds. The first-order valence-corrected chi connectivity index (χ1v) is 40.7. The number of ketones is 1. The summed E-state index contributed by atoms with van der Waals surface area (Å²) in [6, 6.07) is 45.9. The zero-order valence-corrected chi connectivity index (χ0v) is 65.2. The van der Waals surface area contributed by atoms with Gasteiger partial charge in [-0.1, -0.05) is 204 Å². The summed E-state index contributed by atoms with van der Waals surface area (Å²) >= 11 is 1.67. The number of thioether (sulfide) groups is 1. The van der Waals surface area contributed by atoms with Gasteiger partial charge in [0.05, 0.1) is 48.9 Å². The summed E-state index contributed by atoms with van der Waals surface area (Å²) in [6.45, 7) is 7.27. The number of hydrogen-bond acceptors (Lipinski definition) is 18. The molecule has 1 aliphatic heterocycles. The number of benzene rings is 6. The van der Waals surface area contributed by atoms with Crippen LogP contribution in [0.1, 0.15) is 119 Å². The van der Waals surface area contributed by atoms with Gasteiger partial charge in [-0.25, -0.2) is 4.79 Å². The Balaban J connectivity index is 1.02. The number of aliphatic hydroxyl groups is 3. The first kappa shape index (κ1) is 86.2. The average molecular weight is 1560 g/mol. The number of ether oxygens (including phenoxy) is 2. The Labute approximate surface area is 655 Å². The number of alkyl carbamates (subject to hydrolysis) is 1. The molecule has 1 saturated heterocycles. The number of unbranched alkanes of at least 4 members (excludes halogenated alkanes) is 1. The first-order valence-electron chi connectivity index (χ1n) is 37.2. The van der Waals surface area contributed by atoms with Crippen LogP contribution in [0, 0.1) is 5.92 Å². The first-order chi connectivity index (χ1) is 52.9. The molecule has 0 aromatic heterocycles. The predicted molar refractivity (Wildman–Crippen MR) is 428 cm³/mol.